The third-order valence-electron chi connectivity index (χ3n) is 1.70. The lowest BCUT2D eigenvalue weighted by molar-refractivity contribution is 0.101. The molecule has 0 bridgehead atoms. The van der Waals surface area contributed by atoms with Gasteiger partial charge in [-0.3, -0.25) is 4.79 Å². The number of hydrogen-bond donors (Lipinski definition) is 1. The topological polar surface area (TPSA) is 52.3 Å². The summed E-state index contributed by atoms with van der Waals surface area (Å²) in [6.45, 7) is 1.45. The number of nitrogen functional groups attached to an aromatic ring is 1. The molecule has 0 aliphatic carbocycles. The van der Waals surface area contributed by atoms with Gasteiger partial charge in [-0.15, -0.1) is 0 Å². The molecule has 0 aromatic heterocycles. The number of hydrogen-bond acceptors (Lipinski definition) is 3. The molecular weight excluding hydrogens is 190 g/mol. The van der Waals surface area contributed by atoms with Gasteiger partial charge in [0.2, 0.25) is 0 Å². The molecule has 2 N–H and O–H groups in total. The van der Waals surface area contributed by atoms with Gasteiger partial charge < -0.3 is 10.5 Å². The van der Waals surface area contributed by atoms with E-state index in [9.17, 15) is 4.79 Å². The van der Waals surface area contributed by atoms with Crippen LogP contribution in [0.4, 0.5) is 5.69 Å². The summed E-state index contributed by atoms with van der Waals surface area (Å²) in [6, 6.07) is 3.05. The van der Waals surface area contributed by atoms with Gasteiger partial charge in [0.15, 0.2) is 5.78 Å². The van der Waals surface area contributed by atoms with Crippen LogP contribution in [0.2, 0.25) is 5.02 Å². The van der Waals surface area contributed by atoms with E-state index in [-0.39, 0.29) is 5.78 Å². The Labute approximate surface area is 81.4 Å². The van der Waals surface area contributed by atoms with Crippen LogP contribution in [0.5, 0.6) is 5.75 Å². The number of carbonyl (C=O) groups excluding carboxylic acids is 1. The summed E-state index contributed by atoms with van der Waals surface area (Å²) >= 11 is 5.75. The van der Waals surface area contributed by atoms with Crippen LogP contribution in [0.1, 0.15) is 17.3 Å². The van der Waals surface area contributed by atoms with Crippen LogP contribution in [0.25, 0.3) is 0 Å². The molecule has 1 rings (SSSR count). The summed E-state index contributed by atoms with van der Waals surface area (Å²) in [5, 5.41) is 0.367. The van der Waals surface area contributed by atoms with Gasteiger partial charge in [0.1, 0.15) is 5.75 Å². The number of benzene rings is 1. The molecule has 0 aliphatic heterocycles. The van der Waals surface area contributed by atoms with E-state index < -0.39 is 0 Å². The van der Waals surface area contributed by atoms with Crippen molar-refractivity contribution in [2.45, 2.75) is 6.92 Å². The van der Waals surface area contributed by atoms with Crippen molar-refractivity contribution in [1.82, 2.24) is 0 Å². The number of carbonyl (C=O) groups is 1. The molecule has 0 heterocycles. The third-order valence-corrected chi connectivity index (χ3v) is 2.03. The first-order valence-corrected chi connectivity index (χ1v) is 4.08. The fourth-order valence-corrected chi connectivity index (χ4v) is 1.18. The zero-order valence-corrected chi connectivity index (χ0v) is 8.18. The largest absolute Gasteiger partial charge is 0.496 e. The van der Waals surface area contributed by atoms with Crippen molar-refractivity contribution in [3.05, 3.63) is 22.7 Å². The Morgan fingerprint density at radius 3 is 2.62 bits per heavy atom. The van der Waals surface area contributed by atoms with Crippen LogP contribution in [0.15, 0.2) is 12.1 Å². The zero-order valence-electron chi connectivity index (χ0n) is 7.43. The number of rotatable bonds is 2. The molecule has 0 saturated heterocycles. The first kappa shape index (κ1) is 9.86. The van der Waals surface area contributed by atoms with Gasteiger partial charge in [0.05, 0.1) is 23.4 Å². The maximum Gasteiger partial charge on any atom is 0.163 e. The van der Waals surface area contributed by atoms with Gasteiger partial charge in [-0.25, -0.2) is 0 Å². The van der Waals surface area contributed by atoms with E-state index in [0.29, 0.717) is 22.0 Å². The number of halogens is 1. The quantitative estimate of drug-likeness (QED) is 0.587. The summed E-state index contributed by atoms with van der Waals surface area (Å²) in [7, 11) is 1.48. The lowest BCUT2D eigenvalue weighted by Gasteiger charge is -2.07. The second-order valence-electron chi connectivity index (χ2n) is 2.63. The fourth-order valence-electron chi connectivity index (χ4n) is 1.01. The van der Waals surface area contributed by atoms with Crippen molar-refractivity contribution in [3.8, 4) is 5.75 Å². The smallest absolute Gasteiger partial charge is 0.163 e. The van der Waals surface area contributed by atoms with E-state index in [0.717, 1.165) is 0 Å². The van der Waals surface area contributed by atoms with Crippen LogP contribution in [-0.2, 0) is 0 Å². The van der Waals surface area contributed by atoms with E-state index >= 15 is 0 Å². The van der Waals surface area contributed by atoms with Crippen LogP contribution >= 0.6 is 11.6 Å². The second-order valence-corrected chi connectivity index (χ2v) is 3.04. The van der Waals surface area contributed by atoms with E-state index in [1.807, 2.05) is 0 Å². The Kier molecular flexibility index (Phi) is 2.78. The van der Waals surface area contributed by atoms with Crippen molar-refractivity contribution in [3.63, 3.8) is 0 Å². The number of anilines is 1. The Hall–Kier alpha value is -1.22. The molecule has 0 amide bonds. The second kappa shape index (κ2) is 3.66. The number of methoxy groups -OCH3 is 1. The summed E-state index contributed by atoms with van der Waals surface area (Å²) in [5.74, 6) is 0.355. The highest BCUT2D eigenvalue weighted by atomic mass is 35.5. The third kappa shape index (κ3) is 1.92. The molecule has 1 aromatic carbocycles. The predicted molar refractivity (Wildman–Crippen MR) is 52.4 cm³/mol. The molecule has 0 atom stereocenters. The van der Waals surface area contributed by atoms with Crippen molar-refractivity contribution < 1.29 is 9.53 Å². The number of nitrogens with two attached hydrogens (primary N) is 1. The van der Waals surface area contributed by atoms with E-state index in [1.54, 1.807) is 6.07 Å². The lowest BCUT2D eigenvalue weighted by Crippen LogP contribution is -1.99. The van der Waals surface area contributed by atoms with E-state index in [4.69, 9.17) is 22.1 Å². The van der Waals surface area contributed by atoms with Gasteiger partial charge >= 0.3 is 0 Å². The number of ketones is 1. The Morgan fingerprint density at radius 1 is 1.54 bits per heavy atom. The highest BCUT2D eigenvalue weighted by Crippen LogP contribution is 2.28. The highest BCUT2D eigenvalue weighted by Gasteiger charge is 2.10. The first-order chi connectivity index (χ1) is 6.06. The van der Waals surface area contributed by atoms with E-state index in [2.05, 4.69) is 0 Å². The average Bonchev–Trinajstić information content (AvgIpc) is 2.08. The molecule has 70 valence electrons. The average molecular weight is 200 g/mol. The Morgan fingerprint density at radius 2 is 2.15 bits per heavy atom. The minimum Gasteiger partial charge on any atom is -0.496 e. The first-order valence-electron chi connectivity index (χ1n) is 3.70. The van der Waals surface area contributed by atoms with Gasteiger partial charge in [-0.2, -0.15) is 0 Å². The highest BCUT2D eigenvalue weighted by molar-refractivity contribution is 6.33. The van der Waals surface area contributed by atoms with E-state index in [1.165, 1.54) is 20.1 Å². The summed E-state index contributed by atoms with van der Waals surface area (Å²) in [4.78, 5) is 11.1. The minimum atomic E-state index is -0.0984. The van der Waals surface area contributed by atoms with Crippen LogP contribution in [-0.4, -0.2) is 12.9 Å². The molecule has 0 unspecified atom stereocenters. The summed E-state index contributed by atoms with van der Waals surface area (Å²) in [6.07, 6.45) is 0. The lowest BCUT2D eigenvalue weighted by atomic mass is 10.1. The van der Waals surface area contributed by atoms with Gasteiger partial charge in [-0.1, -0.05) is 11.6 Å². The summed E-state index contributed by atoms with van der Waals surface area (Å²) < 4.78 is 4.98. The maximum atomic E-state index is 11.1. The van der Waals surface area contributed by atoms with Crippen molar-refractivity contribution in [2.24, 2.45) is 0 Å². The molecule has 0 aliphatic rings. The number of ether oxygens (including phenoxy) is 1. The Bertz CT molecular complexity index is 350. The molecule has 3 nitrogen and oxygen atoms in total. The van der Waals surface area contributed by atoms with Crippen molar-refractivity contribution >= 4 is 23.1 Å². The molecule has 13 heavy (non-hydrogen) atoms. The SMILES string of the molecule is COc1cc(N)c(Cl)cc1C(C)=O. The molecule has 0 saturated carbocycles. The zero-order chi connectivity index (χ0) is 10.0. The Balaban J connectivity index is 3.33. The molecule has 1 aromatic rings. The normalized spacial score (nSPS) is 9.77. The van der Waals surface area contributed by atoms with Gasteiger partial charge in [0.25, 0.3) is 0 Å². The van der Waals surface area contributed by atoms with Crippen molar-refractivity contribution in [2.75, 3.05) is 12.8 Å². The summed E-state index contributed by atoms with van der Waals surface area (Å²) in [5.41, 5.74) is 6.39. The molecule has 0 fully saturated rings. The van der Waals surface area contributed by atoms with Crippen molar-refractivity contribution in [1.29, 1.82) is 0 Å². The molecule has 0 radical (unpaired) electrons. The predicted octanol–water partition coefficient (Wildman–Crippen LogP) is 2.13. The maximum absolute atomic E-state index is 11.1. The monoisotopic (exact) mass is 199 g/mol. The van der Waals surface area contributed by atoms with Gasteiger partial charge in [-0.05, 0) is 13.0 Å². The standard InChI is InChI=1S/C9H10ClNO2/c1-5(12)6-3-7(10)8(11)4-9(6)13-2/h3-4H,11H2,1-2H3. The van der Waals surface area contributed by atoms with Gasteiger partial charge in [0, 0.05) is 6.07 Å². The molecule has 4 heteroatoms. The van der Waals surface area contributed by atoms with Crippen LogP contribution in [0, 0.1) is 0 Å². The van der Waals surface area contributed by atoms with Crippen LogP contribution in [0.3, 0.4) is 0 Å². The molecular formula is C9H10ClNO2. The number of Topliss-reactive ketones (excluding diaryl/α,β-unsaturated/α-hetero) is 1. The van der Waals surface area contributed by atoms with Crippen LogP contribution < -0.4 is 10.5 Å². The fraction of sp³-hybridized carbons (Fsp3) is 0.222. The molecule has 0 spiro atoms. The minimum absolute atomic E-state index is 0.0984.